The molecule has 0 saturated carbocycles. The molecular weight excluding hydrogens is 180 g/mol. The van der Waals surface area contributed by atoms with Gasteiger partial charge in [-0.3, -0.25) is 0 Å². The highest BCUT2D eigenvalue weighted by atomic mass is 16.6. The summed E-state index contributed by atoms with van der Waals surface area (Å²) in [6.07, 6.45) is 1.34. The summed E-state index contributed by atoms with van der Waals surface area (Å²) < 4.78 is 5.05. The van der Waals surface area contributed by atoms with E-state index in [1.165, 1.54) is 6.08 Å². The van der Waals surface area contributed by atoms with Crippen LogP contribution in [-0.4, -0.2) is 18.1 Å². The number of esters is 1. The van der Waals surface area contributed by atoms with Crippen molar-refractivity contribution in [2.75, 3.05) is 6.54 Å². The third-order valence-electron chi connectivity index (χ3n) is 1.19. The molecule has 0 aliphatic rings. The molecule has 78 valence electrons. The monoisotopic (exact) mass is 196 g/mol. The Bertz CT molecular complexity index is 269. The molecule has 0 heterocycles. The van der Waals surface area contributed by atoms with E-state index in [9.17, 15) is 4.79 Å². The molecule has 0 amide bonds. The van der Waals surface area contributed by atoms with Crippen LogP contribution in [0.25, 0.3) is 0 Å². The molecule has 0 aromatic carbocycles. The van der Waals surface area contributed by atoms with E-state index in [1.807, 2.05) is 6.07 Å². The number of hydrogen-bond donors (Lipinski definition) is 1. The van der Waals surface area contributed by atoms with E-state index < -0.39 is 11.6 Å². The van der Waals surface area contributed by atoms with Gasteiger partial charge in [-0.2, -0.15) is 5.26 Å². The number of carbonyl (C=O) groups is 1. The molecule has 0 saturated heterocycles. The quantitative estimate of drug-likeness (QED) is 0.420. The SMILES string of the molecule is C/C(=C/C(=O)OC(C)(C)C)NCC#N. The van der Waals surface area contributed by atoms with Crippen LogP contribution in [0, 0.1) is 11.3 Å². The Morgan fingerprint density at radius 3 is 2.57 bits per heavy atom. The maximum absolute atomic E-state index is 11.2. The third-order valence-corrected chi connectivity index (χ3v) is 1.19. The van der Waals surface area contributed by atoms with Crippen LogP contribution < -0.4 is 5.32 Å². The van der Waals surface area contributed by atoms with Gasteiger partial charge in [0.2, 0.25) is 0 Å². The van der Waals surface area contributed by atoms with Crippen molar-refractivity contribution in [3.8, 4) is 6.07 Å². The summed E-state index contributed by atoms with van der Waals surface area (Å²) in [6, 6.07) is 1.92. The van der Waals surface area contributed by atoms with Gasteiger partial charge in [0, 0.05) is 11.8 Å². The molecule has 0 radical (unpaired) electrons. The molecule has 0 atom stereocenters. The van der Waals surface area contributed by atoms with Gasteiger partial charge in [-0.15, -0.1) is 0 Å². The summed E-state index contributed by atoms with van der Waals surface area (Å²) in [4.78, 5) is 11.2. The van der Waals surface area contributed by atoms with Crippen molar-refractivity contribution in [2.45, 2.75) is 33.3 Å². The molecule has 0 aliphatic heterocycles. The van der Waals surface area contributed by atoms with Gasteiger partial charge in [-0.05, 0) is 27.7 Å². The normalized spacial score (nSPS) is 11.8. The Morgan fingerprint density at radius 1 is 1.57 bits per heavy atom. The van der Waals surface area contributed by atoms with E-state index in [2.05, 4.69) is 5.32 Å². The second-order valence-corrected chi connectivity index (χ2v) is 3.87. The molecule has 0 aromatic heterocycles. The molecule has 1 N–H and O–H groups in total. The Labute approximate surface area is 84.6 Å². The van der Waals surface area contributed by atoms with Gasteiger partial charge in [0.1, 0.15) is 12.1 Å². The molecule has 14 heavy (non-hydrogen) atoms. The largest absolute Gasteiger partial charge is 0.457 e. The average Bonchev–Trinajstić information content (AvgIpc) is 1.96. The smallest absolute Gasteiger partial charge is 0.333 e. The Hall–Kier alpha value is -1.50. The predicted octanol–water partition coefficient (Wildman–Crippen LogP) is 1.35. The molecule has 0 aromatic rings. The minimum atomic E-state index is -0.483. The number of ether oxygens (including phenoxy) is 1. The van der Waals surface area contributed by atoms with Crippen LogP contribution in [-0.2, 0) is 9.53 Å². The van der Waals surface area contributed by atoms with Gasteiger partial charge < -0.3 is 10.1 Å². The molecule has 4 nitrogen and oxygen atoms in total. The summed E-state index contributed by atoms with van der Waals surface area (Å²) >= 11 is 0. The zero-order chi connectivity index (χ0) is 11.2. The lowest BCUT2D eigenvalue weighted by Crippen LogP contribution is -2.23. The van der Waals surface area contributed by atoms with Gasteiger partial charge in [-0.1, -0.05) is 0 Å². The molecule has 0 rings (SSSR count). The zero-order valence-electron chi connectivity index (χ0n) is 9.05. The fourth-order valence-electron chi connectivity index (χ4n) is 0.738. The number of nitrogens with one attached hydrogen (secondary N) is 1. The number of allylic oxidation sites excluding steroid dienone is 1. The van der Waals surface area contributed by atoms with E-state index in [0.717, 1.165) is 0 Å². The molecule has 0 aliphatic carbocycles. The summed E-state index contributed by atoms with van der Waals surface area (Å²) in [5, 5.41) is 11.0. The Balaban J connectivity index is 4.10. The van der Waals surface area contributed by atoms with E-state index in [0.29, 0.717) is 5.70 Å². The van der Waals surface area contributed by atoms with Crippen LogP contribution in [0.4, 0.5) is 0 Å². The molecule has 0 unspecified atom stereocenters. The van der Waals surface area contributed by atoms with Crippen LogP contribution in [0.1, 0.15) is 27.7 Å². The first-order valence-corrected chi connectivity index (χ1v) is 4.37. The van der Waals surface area contributed by atoms with E-state index in [4.69, 9.17) is 10.00 Å². The second-order valence-electron chi connectivity index (χ2n) is 3.87. The van der Waals surface area contributed by atoms with Gasteiger partial charge in [0.15, 0.2) is 0 Å². The minimum Gasteiger partial charge on any atom is -0.457 e. The van der Waals surface area contributed by atoms with Crippen LogP contribution in [0.15, 0.2) is 11.8 Å². The molecule has 4 heteroatoms. The first-order chi connectivity index (χ1) is 6.35. The highest BCUT2D eigenvalue weighted by Crippen LogP contribution is 2.07. The zero-order valence-corrected chi connectivity index (χ0v) is 9.05. The van der Waals surface area contributed by atoms with Crippen molar-refractivity contribution < 1.29 is 9.53 Å². The second kappa shape index (κ2) is 5.28. The lowest BCUT2D eigenvalue weighted by Gasteiger charge is -2.18. The highest BCUT2D eigenvalue weighted by Gasteiger charge is 2.14. The molecule has 0 fully saturated rings. The van der Waals surface area contributed by atoms with Crippen LogP contribution in [0.2, 0.25) is 0 Å². The molecular formula is C10H16N2O2. The highest BCUT2D eigenvalue weighted by molar-refractivity contribution is 5.82. The summed E-state index contributed by atoms with van der Waals surface area (Å²) in [5.74, 6) is -0.402. The van der Waals surface area contributed by atoms with Crippen molar-refractivity contribution in [3.05, 3.63) is 11.8 Å². The number of hydrogen-bond acceptors (Lipinski definition) is 4. The van der Waals surface area contributed by atoms with E-state index >= 15 is 0 Å². The molecule has 0 spiro atoms. The number of nitriles is 1. The topological polar surface area (TPSA) is 62.1 Å². The van der Waals surface area contributed by atoms with Gasteiger partial charge in [-0.25, -0.2) is 4.79 Å². The van der Waals surface area contributed by atoms with Gasteiger partial charge in [0.25, 0.3) is 0 Å². The van der Waals surface area contributed by atoms with Crippen LogP contribution in [0.3, 0.4) is 0 Å². The lowest BCUT2D eigenvalue weighted by molar-refractivity contribution is -0.148. The fourth-order valence-corrected chi connectivity index (χ4v) is 0.738. The van der Waals surface area contributed by atoms with E-state index in [1.54, 1.807) is 27.7 Å². The van der Waals surface area contributed by atoms with Gasteiger partial charge in [0.05, 0.1) is 6.07 Å². The van der Waals surface area contributed by atoms with Crippen molar-refractivity contribution in [1.82, 2.24) is 5.32 Å². The maximum Gasteiger partial charge on any atom is 0.333 e. The van der Waals surface area contributed by atoms with E-state index in [-0.39, 0.29) is 6.54 Å². The standard InChI is InChI=1S/C10H16N2O2/c1-8(12-6-5-11)7-9(13)14-10(2,3)4/h7,12H,6H2,1-4H3/b8-7-. The lowest BCUT2D eigenvalue weighted by atomic mass is 10.2. The third kappa shape index (κ3) is 7.17. The molecule has 0 bridgehead atoms. The maximum atomic E-state index is 11.2. The van der Waals surface area contributed by atoms with Gasteiger partial charge >= 0.3 is 5.97 Å². The van der Waals surface area contributed by atoms with Crippen LogP contribution in [0.5, 0.6) is 0 Å². The predicted molar refractivity (Wildman–Crippen MR) is 53.2 cm³/mol. The Morgan fingerprint density at radius 2 is 2.14 bits per heavy atom. The Kier molecular flexibility index (Phi) is 4.71. The van der Waals surface area contributed by atoms with Crippen LogP contribution >= 0.6 is 0 Å². The summed E-state index contributed by atoms with van der Waals surface area (Å²) in [6.45, 7) is 7.30. The minimum absolute atomic E-state index is 0.186. The average molecular weight is 196 g/mol. The number of carbonyl (C=O) groups excluding carboxylic acids is 1. The first kappa shape index (κ1) is 12.5. The summed E-state index contributed by atoms with van der Waals surface area (Å²) in [5.41, 5.74) is 0.143. The van der Waals surface area contributed by atoms with Crippen molar-refractivity contribution >= 4 is 5.97 Å². The first-order valence-electron chi connectivity index (χ1n) is 4.37. The fraction of sp³-hybridized carbons (Fsp3) is 0.600. The number of nitrogens with zero attached hydrogens (tertiary/aromatic N) is 1. The number of rotatable bonds is 3. The van der Waals surface area contributed by atoms with Crippen molar-refractivity contribution in [1.29, 1.82) is 5.26 Å². The van der Waals surface area contributed by atoms with Crippen molar-refractivity contribution in [3.63, 3.8) is 0 Å². The van der Waals surface area contributed by atoms with Crippen molar-refractivity contribution in [2.24, 2.45) is 0 Å². The summed E-state index contributed by atoms with van der Waals surface area (Å²) in [7, 11) is 0.